The van der Waals surface area contributed by atoms with Gasteiger partial charge in [-0.05, 0) is 43.4 Å². The van der Waals surface area contributed by atoms with Crippen LogP contribution in [0.2, 0.25) is 0 Å². The second-order valence-corrected chi connectivity index (χ2v) is 6.11. The van der Waals surface area contributed by atoms with Crippen molar-refractivity contribution < 1.29 is 4.79 Å². The fraction of sp³-hybridized carbons (Fsp3) is 0.588. The molecule has 1 N–H and O–H groups in total. The van der Waals surface area contributed by atoms with Gasteiger partial charge in [-0.2, -0.15) is 0 Å². The highest BCUT2D eigenvalue weighted by molar-refractivity contribution is 5.95. The number of nitrogens with zero attached hydrogens (tertiary/aromatic N) is 1. The van der Waals surface area contributed by atoms with E-state index < -0.39 is 0 Å². The number of carbonyl (C=O) groups is 1. The molecule has 1 amide bonds. The molecule has 3 heteroatoms. The summed E-state index contributed by atoms with van der Waals surface area (Å²) in [5.74, 6) is 0.849. The first-order chi connectivity index (χ1) is 9.58. The predicted molar refractivity (Wildman–Crippen MR) is 84.3 cm³/mol. The topological polar surface area (TPSA) is 32.3 Å². The minimum absolute atomic E-state index is 0.0608. The van der Waals surface area contributed by atoms with Crippen LogP contribution in [0.15, 0.2) is 18.2 Å². The zero-order valence-electron chi connectivity index (χ0n) is 12.9. The molecule has 0 spiro atoms. The lowest BCUT2D eigenvalue weighted by atomic mass is 9.89. The van der Waals surface area contributed by atoms with Crippen LogP contribution in [-0.4, -0.2) is 31.4 Å². The normalized spacial score (nSPS) is 15.9. The molecule has 0 unspecified atom stereocenters. The number of rotatable bonds is 4. The zero-order chi connectivity index (χ0) is 14.5. The van der Waals surface area contributed by atoms with Crippen LogP contribution in [0.5, 0.6) is 0 Å². The largest absolute Gasteiger partial charge is 0.385 e. The van der Waals surface area contributed by atoms with Gasteiger partial charge in [-0.3, -0.25) is 4.79 Å². The number of nitrogens with one attached hydrogen (secondary N) is 1. The fourth-order valence-corrected chi connectivity index (χ4v) is 2.85. The van der Waals surface area contributed by atoms with Crippen molar-refractivity contribution in [2.45, 2.75) is 39.0 Å². The molecule has 20 heavy (non-hydrogen) atoms. The summed E-state index contributed by atoms with van der Waals surface area (Å²) in [4.78, 5) is 13.6. The lowest BCUT2D eigenvalue weighted by molar-refractivity contribution is 0.0827. The van der Waals surface area contributed by atoms with Gasteiger partial charge in [0.2, 0.25) is 0 Å². The van der Waals surface area contributed by atoms with E-state index in [9.17, 15) is 4.79 Å². The van der Waals surface area contributed by atoms with Crippen molar-refractivity contribution >= 4 is 11.6 Å². The Kier molecular flexibility index (Phi) is 5.05. The monoisotopic (exact) mass is 274 g/mol. The van der Waals surface area contributed by atoms with Crippen LogP contribution in [0, 0.1) is 12.8 Å². The molecule has 110 valence electrons. The Hall–Kier alpha value is -1.51. The molecule has 0 heterocycles. The Morgan fingerprint density at radius 2 is 1.95 bits per heavy atom. The molecule has 1 fully saturated rings. The van der Waals surface area contributed by atoms with Gasteiger partial charge >= 0.3 is 0 Å². The summed E-state index contributed by atoms with van der Waals surface area (Å²) in [7, 11) is 3.58. The van der Waals surface area contributed by atoms with Crippen molar-refractivity contribution in [2.75, 3.05) is 26.0 Å². The van der Waals surface area contributed by atoms with Crippen molar-refractivity contribution in [3.63, 3.8) is 0 Å². The van der Waals surface area contributed by atoms with Crippen LogP contribution in [0.1, 0.15) is 48.0 Å². The molecule has 1 saturated carbocycles. The maximum atomic E-state index is 12.0. The molecule has 2 rings (SSSR count). The number of anilines is 1. The highest BCUT2D eigenvalue weighted by atomic mass is 16.2. The maximum Gasteiger partial charge on any atom is 0.253 e. The molecule has 0 atom stereocenters. The summed E-state index contributed by atoms with van der Waals surface area (Å²) in [5, 5.41) is 3.55. The second kappa shape index (κ2) is 6.78. The van der Waals surface area contributed by atoms with E-state index in [4.69, 9.17) is 0 Å². The number of amides is 1. The summed E-state index contributed by atoms with van der Waals surface area (Å²) in [6.07, 6.45) is 6.79. The van der Waals surface area contributed by atoms with Crippen LogP contribution >= 0.6 is 0 Å². The Morgan fingerprint density at radius 3 is 2.60 bits per heavy atom. The SMILES string of the molecule is Cc1ccc(C(=O)N(C)C)cc1NCC1CCCCC1. The average molecular weight is 274 g/mol. The smallest absolute Gasteiger partial charge is 0.253 e. The zero-order valence-corrected chi connectivity index (χ0v) is 12.9. The molecule has 0 radical (unpaired) electrons. The van der Waals surface area contributed by atoms with Crippen molar-refractivity contribution in [3.05, 3.63) is 29.3 Å². The van der Waals surface area contributed by atoms with Gasteiger partial charge in [-0.1, -0.05) is 25.3 Å². The third-order valence-electron chi connectivity index (χ3n) is 4.20. The van der Waals surface area contributed by atoms with Crippen LogP contribution in [0.4, 0.5) is 5.69 Å². The van der Waals surface area contributed by atoms with E-state index in [1.165, 1.54) is 37.7 Å². The van der Waals surface area contributed by atoms with Gasteiger partial charge in [0.15, 0.2) is 0 Å². The fourth-order valence-electron chi connectivity index (χ4n) is 2.85. The Labute approximate surface area is 122 Å². The number of hydrogen-bond acceptors (Lipinski definition) is 2. The van der Waals surface area contributed by atoms with Gasteiger partial charge in [0.25, 0.3) is 5.91 Å². The molecule has 3 nitrogen and oxygen atoms in total. The Balaban J connectivity index is 2.02. The van der Waals surface area contributed by atoms with Gasteiger partial charge in [0.05, 0.1) is 0 Å². The Bertz CT molecular complexity index is 462. The van der Waals surface area contributed by atoms with Gasteiger partial charge in [0.1, 0.15) is 0 Å². The van der Waals surface area contributed by atoms with Gasteiger partial charge in [-0.25, -0.2) is 0 Å². The molecular formula is C17H26N2O. The van der Waals surface area contributed by atoms with E-state index in [1.807, 2.05) is 18.2 Å². The van der Waals surface area contributed by atoms with E-state index in [0.717, 1.165) is 23.7 Å². The highest BCUT2D eigenvalue weighted by Gasteiger charge is 2.14. The van der Waals surface area contributed by atoms with Crippen molar-refractivity contribution in [3.8, 4) is 0 Å². The molecule has 1 aliphatic carbocycles. The third-order valence-corrected chi connectivity index (χ3v) is 4.20. The molecule has 1 aromatic rings. The van der Waals surface area contributed by atoms with Gasteiger partial charge in [-0.15, -0.1) is 0 Å². The number of hydrogen-bond donors (Lipinski definition) is 1. The first-order valence-electron chi connectivity index (χ1n) is 7.64. The van der Waals surface area contributed by atoms with Gasteiger partial charge in [0, 0.05) is 31.9 Å². The van der Waals surface area contributed by atoms with Crippen molar-refractivity contribution in [1.82, 2.24) is 4.90 Å². The third kappa shape index (κ3) is 3.75. The molecule has 0 aliphatic heterocycles. The van der Waals surface area contributed by atoms with Crippen molar-refractivity contribution in [1.29, 1.82) is 0 Å². The molecule has 0 saturated heterocycles. The summed E-state index contributed by atoms with van der Waals surface area (Å²) >= 11 is 0. The van der Waals surface area contributed by atoms with E-state index >= 15 is 0 Å². The summed E-state index contributed by atoms with van der Waals surface area (Å²) < 4.78 is 0. The minimum Gasteiger partial charge on any atom is -0.385 e. The number of aryl methyl sites for hydroxylation is 1. The molecule has 0 aromatic heterocycles. The minimum atomic E-state index is 0.0608. The number of benzene rings is 1. The quantitative estimate of drug-likeness (QED) is 0.908. The second-order valence-electron chi connectivity index (χ2n) is 6.11. The van der Waals surface area contributed by atoms with Crippen LogP contribution in [0.25, 0.3) is 0 Å². The Morgan fingerprint density at radius 1 is 1.25 bits per heavy atom. The highest BCUT2D eigenvalue weighted by Crippen LogP contribution is 2.25. The first kappa shape index (κ1) is 14.9. The summed E-state index contributed by atoms with van der Waals surface area (Å²) in [6, 6.07) is 5.92. The maximum absolute atomic E-state index is 12.0. The van der Waals surface area contributed by atoms with Crippen LogP contribution < -0.4 is 5.32 Å². The van der Waals surface area contributed by atoms with Crippen molar-refractivity contribution in [2.24, 2.45) is 5.92 Å². The molecular weight excluding hydrogens is 248 g/mol. The van der Waals surface area contributed by atoms with Crippen LogP contribution in [0.3, 0.4) is 0 Å². The van der Waals surface area contributed by atoms with Gasteiger partial charge < -0.3 is 10.2 Å². The molecule has 1 aromatic carbocycles. The first-order valence-corrected chi connectivity index (χ1v) is 7.64. The predicted octanol–water partition coefficient (Wildman–Crippen LogP) is 3.69. The summed E-state index contributed by atoms with van der Waals surface area (Å²) in [6.45, 7) is 3.12. The van der Waals surface area contributed by atoms with E-state index in [0.29, 0.717) is 0 Å². The molecule has 0 bridgehead atoms. The lowest BCUT2D eigenvalue weighted by Crippen LogP contribution is -2.22. The standard InChI is InChI=1S/C17H26N2O/c1-13-9-10-15(17(20)19(2)3)11-16(13)18-12-14-7-5-4-6-8-14/h9-11,14,18H,4-8,12H2,1-3H3. The van der Waals surface area contributed by atoms with E-state index in [-0.39, 0.29) is 5.91 Å². The number of carbonyl (C=O) groups excluding carboxylic acids is 1. The van der Waals surface area contributed by atoms with E-state index in [1.54, 1.807) is 19.0 Å². The average Bonchev–Trinajstić information content (AvgIpc) is 2.46. The molecule has 1 aliphatic rings. The van der Waals surface area contributed by atoms with Crippen LogP contribution in [-0.2, 0) is 0 Å². The lowest BCUT2D eigenvalue weighted by Gasteiger charge is -2.23. The van der Waals surface area contributed by atoms with E-state index in [2.05, 4.69) is 12.2 Å². The summed E-state index contributed by atoms with van der Waals surface area (Å²) in [5.41, 5.74) is 3.06.